The van der Waals surface area contributed by atoms with E-state index in [9.17, 15) is 0 Å². The van der Waals surface area contributed by atoms with Crippen LogP contribution in [0, 0.1) is 0 Å². The van der Waals surface area contributed by atoms with Crippen LogP contribution >= 0.6 is 23.1 Å². The Labute approximate surface area is 117 Å². The van der Waals surface area contributed by atoms with E-state index in [2.05, 4.69) is 47.1 Å². The third-order valence-electron chi connectivity index (χ3n) is 3.31. The standard InChI is InChI=1S/C15H17NS2/c1-2-6-14-12(4-1)10-17-11-15(14)16-8-7-13-5-3-9-18-13/h1-6,9,15-16H,7-8,10-11H2. The molecule has 3 rings (SSSR count). The first-order chi connectivity index (χ1) is 8.93. The number of thiophene rings is 1. The molecule has 0 saturated heterocycles. The van der Waals surface area contributed by atoms with Crippen LogP contribution < -0.4 is 5.32 Å². The van der Waals surface area contributed by atoms with E-state index < -0.39 is 0 Å². The average molecular weight is 275 g/mol. The molecule has 1 aromatic heterocycles. The normalized spacial score (nSPS) is 18.6. The van der Waals surface area contributed by atoms with Crippen molar-refractivity contribution in [1.29, 1.82) is 0 Å². The minimum atomic E-state index is 0.528. The quantitative estimate of drug-likeness (QED) is 0.909. The van der Waals surface area contributed by atoms with E-state index >= 15 is 0 Å². The molecular weight excluding hydrogens is 258 g/mol. The van der Waals surface area contributed by atoms with Crippen molar-refractivity contribution in [2.45, 2.75) is 18.2 Å². The number of rotatable bonds is 4. The van der Waals surface area contributed by atoms with Gasteiger partial charge in [-0.3, -0.25) is 0 Å². The Hall–Kier alpha value is -0.770. The maximum Gasteiger partial charge on any atom is 0.0415 e. The molecule has 0 spiro atoms. The molecule has 2 heterocycles. The summed E-state index contributed by atoms with van der Waals surface area (Å²) in [6.45, 7) is 1.07. The fraction of sp³-hybridized carbons (Fsp3) is 0.333. The van der Waals surface area contributed by atoms with Crippen molar-refractivity contribution in [2.24, 2.45) is 0 Å². The molecular formula is C15H17NS2. The Morgan fingerprint density at radius 2 is 2.11 bits per heavy atom. The highest BCUT2D eigenvalue weighted by Gasteiger charge is 2.19. The lowest BCUT2D eigenvalue weighted by molar-refractivity contribution is 0.579. The smallest absolute Gasteiger partial charge is 0.0415 e. The summed E-state index contributed by atoms with van der Waals surface area (Å²) < 4.78 is 0. The minimum absolute atomic E-state index is 0.528. The van der Waals surface area contributed by atoms with Gasteiger partial charge in [-0.15, -0.1) is 11.3 Å². The molecule has 1 N–H and O–H groups in total. The zero-order valence-corrected chi connectivity index (χ0v) is 11.9. The van der Waals surface area contributed by atoms with Crippen molar-refractivity contribution in [3.8, 4) is 0 Å². The lowest BCUT2D eigenvalue weighted by atomic mass is 10.0. The SMILES string of the molecule is c1csc(CCNC2CSCc3ccccc32)c1. The van der Waals surface area contributed by atoms with Gasteiger partial charge >= 0.3 is 0 Å². The van der Waals surface area contributed by atoms with Crippen LogP contribution in [0.1, 0.15) is 22.0 Å². The van der Waals surface area contributed by atoms with E-state index in [4.69, 9.17) is 0 Å². The third-order valence-corrected chi connectivity index (χ3v) is 5.34. The first-order valence-corrected chi connectivity index (χ1v) is 8.38. The van der Waals surface area contributed by atoms with E-state index in [-0.39, 0.29) is 0 Å². The molecule has 0 bridgehead atoms. The number of benzene rings is 1. The van der Waals surface area contributed by atoms with E-state index in [0.717, 1.165) is 13.0 Å². The van der Waals surface area contributed by atoms with Crippen molar-refractivity contribution < 1.29 is 0 Å². The van der Waals surface area contributed by atoms with Gasteiger partial charge in [0.25, 0.3) is 0 Å². The van der Waals surface area contributed by atoms with Gasteiger partial charge in [0.1, 0.15) is 0 Å². The number of thioether (sulfide) groups is 1. The predicted octanol–water partition coefficient (Wildman–Crippen LogP) is 3.87. The van der Waals surface area contributed by atoms with Gasteiger partial charge in [-0.2, -0.15) is 11.8 Å². The molecule has 1 aromatic carbocycles. The van der Waals surface area contributed by atoms with Crippen LogP contribution in [-0.4, -0.2) is 12.3 Å². The van der Waals surface area contributed by atoms with Gasteiger partial charge < -0.3 is 5.32 Å². The number of hydrogen-bond acceptors (Lipinski definition) is 3. The van der Waals surface area contributed by atoms with Crippen molar-refractivity contribution in [2.75, 3.05) is 12.3 Å². The summed E-state index contributed by atoms with van der Waals surface area (Å²) >= 11 is 3.88. The van der Waals surface area contributed by atoms with Crippen LogP contribution in [0.25, 0.3) is 0 Å². The molecule has 1 aliphatic heterocycles. The van der Waals surface area contributed by atoms with Crippen LogP contribution in [-0.2, 0) is 12.2 Å². The summed E-state index contributed by atoms with van der Waals surface area (Å²) in [6, 6.07) is 13.7. The molecule has 1 aliphatic rings. The highest BCUT2D eigenvalue weighted by Crippen LogP contribution is 2.31. The first kappa shape index (κ1) is 12.3. The van der Waals surface area contributed by atoms with Gasteiger partial charge in [-0.05, 0) is 29.0 Å². The Morgan fingerprint density at radius 3 is 3.00 bits per heavy atom. The second-order valence-corrected chi connectivity index (χ2v) is 6.61. The maximum absolute atomic E-state index is 3.70. The molecule has 0 saturated carbocycles. The zero-order chi connectivity index (χ0) is 12.2. The van der Waals surface area contributed by atoms with Gasteiger partial charge in [0, 0.05) is 29.0 Å². The monoisotopic (exact) mass is 275 g/mol. The molecule has 0 aliphatic carbocycles. The first-order valence-electron chi connectivity index (χ1n) is 6.35. The molecule has 0 radical (unpaired) electrons. The van der Waals surface area contributed by atoms with E-state index in [0.29, 0.717) is 6.04 Å². The molecule has 1 nitrogen and oxygen atoms in total. The lowest BCUT2D eigenvalue weighted by Gasteiger charge is -2.26. The summed E-state index contributed by atoms with van der Waals surface area (Å²) in [5.74, 6) is 2.36. The molecule has 3 heteroatoms. The van der Waals surface area contributed by atoms with Gasteiger partial charge in [0.2, 0.25) is 0 Å². The largest absolute Gasteiger partial charge is 0.309 e. The number of nitrogens with one attached hydrogen (secondary N) is 1. The van der Waals surface area contributed by atoms with Crippen LogP contribution in [0.5, 0.6) is 0 Å². The Bertz CT molecular complexity index is 493. The molecule has 1 atom stereocenters. The lowest BCUT2D eigenvalue weighted by Crippen LogP contribution is -2.28. The Kier molecular flexibility index (Phi) is 4.03. The minimum Gasteiger partial charge on any atom is -0.309 e. The second kappa shape index (κ2) is 5.91. The molecule has 18 heavy (non-hydrogen) atoms. The molecule has 0 amide bonds. The highest BCUT2D eigenvalue weighted by atomic mass is 32.2. The van der Waals surface area contributed by atoms with Gasteiger partial charge in [-0.1, -0.05) is 30.3 Å². The molecule has 0 fully saturated rings. The summed E-state index contributed by atoms with van der Waals surface area (Å²) in [5, 5.41) is 5.86. The average Bonchev–Trinajstić information content (AvgIpc) is 2.92. The number of fused-ring (bicyclic) bond motifs is 1. The van der Waals surface area contributed by atoms with Gasteiger partial charge in [-0.25, -0.2) is 0 Å². The Morgan fingerprint density at radius 1 is 1.17 bits per heavy atom. The predicted molar refractivity (Wildman–Crippen MR) is 81.4 cm³/mol. The third kappa shape index (κ3) is 2.79. The summed E-state index contributed by atoms with van der Waals surface area (Å²) in [6.07, 6.45) is 1.14. The highest BCUT2D eigenvalue weighted by molar-refractivity contribution is 7.98. The van der Waals surface area contributed by atoms with Crippen LogP contribution in [0.4, 0.5) is 0 Å². The summed E-state index contributed by atoms with van der Waals surface area (Å²) in [5.41, 5.74) is 3.00. The summed E-state index contributed by atoms with van der Waals surface area (Å²) in [7, 11) is 0. The van der Waals surface area contributed by atoms with Crippen LogP contribution in [0.3, 0.4) is 0 Å². The molecule has 94 valence electrons. The van der Waals surface area contributed by atoms with Crippen LogP contribution in [0.15, 0.2) is 41.8 Å². The van der Waals surface area contributed by atoms with E-state index in [1.54, 1.807) is 0 Å². The van der Waals surface area contributed by atoms with Gasteiger partial charge in [0.05, 0.1) is 0 Å². The second-order valence-electron chi connectivity index (χ2n) is 4.55. The van der Waals surface area contributed by atoms with E-state index in [1.165, 1.54) is 27.5 Å². The maximum atomic E-state index is 3.70. The van der Waals surface area contributed by atoms with E-state index in [1.807, 2.05) is 23.1 Å². The van der Waals surface area contributed by atoms with Crippen molar-refractivity contribution in [1.82, 2.24) is 5.32 Å². The summed E-state index contributed by atoms with van der Waals surface area (Å²) in [4.78, 5) is 1.47. The fourth-order valence-corrected chi connectivity index (χ4v) is 4.22. The zero-order valence-electron chi connectivity index (χ0n) is 10.3. The topological polar surface area (TPSA) is 12.0 Å². The van der Waals surface area contributed by atoms with Gasteiger partial charge in [0.15, 0.2) is 0 Å². The van der Waals surface area contributed by atoms with Crippen molar-refractivity contribution in [3.05, 3.63) is 57.8 Å². The van der Waals surface area contributed by atoms with Crippen LogP contribution in [0.2, 0.25) is 0 Å². The molecule has 2 aromatic rings. The van der Waals surface area contributed by atoms with Crippen molar-refractivity contribution in [3.63, 3.8) is 0 Å². The molecule has 1 unspecified atom stereocenters. The number of hydrogen-bond donors (Lipinski definition) is 1. The fourth-order valence-electron chi connectivity index (χ4n) is 2.38. The van der Waals surface area contributed by atoms with Crippen molar-refractivity contribution >= 4 is 23.1 Å². The Balaban J connectivity index is 1.60.